The third-order valence-corrected chi connectivity index (χ3v) is 1.26. The highest BCUT2D eigenvalue weighted by Crippen LogP contribution is 2.19. The van der Waals surface area contributed by atoms with E-state index in [2.05, 4.69) is 0 Å². The Labute approximate surface area is 56.0 Å². The van der Waals surface area contributed by atoms with Crippen molar-refractivity contribution < 1.29 is 8.78 Å². The second-order valence-corrected chi connectivity index (χ2v) is 1.91. The summed E-state index contributed by atoms with van der Waals surface area (Å²) in [7, 11) is 0. The third kappa shape index (κ3) is 1.21. The molecule has 0 amide bonds. The van der Waals surface area contributed by atoms with Gasteiger partial charge in [-0.15, -0.1) is 0 Å². The van der Waals surface area contributed by atoms with Gasteiger partial charge in [0.05, 0.1) is 0 Å². The lowest BCUT2D eigenvalue weighted by Gasteiger charge is -1.95. The van der Waals surface area contributed by atoms with Gasteiger partial charge in [-0.2, -0.15) is 0 Å². The molecule has 0 radical (unpaired) electrons. The first kappa shape index (κ1) is 6.55. The Bertz CT molecular complexity index is 197. The molecule has 0 aromatic carbocycles. The van der Waals surface area contributed by atoms with E-state index in [0.717, 1.165) is 4.09 Å². The van der Waals surface area contributed by atoms with E-state index in [9.17, 15) is 8.78 Å². The summed E-state index contributed by atoms with van der Waals surface area (Å²) in [6.45, 7) is 0. The van der Waals surface area contributed by atoms with E-state index in [1.165, 1.54) is 18.3 Å². The molecule has 1 nitrogen and oxygen atoms in total. The normalized spacial score (nSPS) is 10.7. The molecule has 0 aliphatic carbocycles. The van der Waals surface area contributed by atoms with Crippen molar-refractivity contribution in [1.29, 1.82) is 0 Å². The quantitative estimate of drug-likeness (QED) is 0.581. The number of alkyl halides is 2. The van der Waals surface area contributed by atoms with Crippen molar-refractivity contribution in [2.75, 3.05) is 0 Å². The molecule has 0 atom stereocenters. The Kier molecular flexibility index (Phi) is 1.71. The highest BCUT2D eigenvalue weighted by molar-refractivity contribution is 6.15. The fourth-order valence-corrected chi connectivity index (χ4v) is 0.736. The summed E-state index contributed by atoms with van der Waals surface area (Å²) >= 11 is 5.27. The average molecular weight is 152 g/mol. The van der Waals surface area contributed by atoms with Crippen LogP contribution >= 0.6 is 11.8 Å². The van der Waals surface area contributed by atoms with Crippen LogP contribution in [0.2, 0.25) is 0 Å². The second kappa shape index (κ2) is 2.35. The molecule has 0 N–H and O–H groups in total. The molecular weight excluding hydrogens is 148 g/mol. The van der Waals surface area contributed by atoms with Gasteiger partial charge in [0.2, 0.25) is 0 Å². The molecule has 0 aliphatic heterocycles. The molecule has 50 valence electrons. The Morgan fingerprint density at radius 3 is 2.44 bits per heavy atom. The maximum Gasteiger partial charge on any atom is 0.279 e. The van der Waals surface area contributed by atoms with Crippen molar-refractivity contribution in [2.24, 2.45) is 0 Å². The molecule has 0 bridgehead atoms. The lowest BCUT2D eigenvalue weighted by Crippen LogP contribution is -1.88. The van der Waals surface area contributed by atoms with E-state index in [1.807, 2.05) is 0 Å². The van der Waals surface area contributed by atoms with Crippen LogP contribution in [0, 0.1) is 0 Å². The molecule has 1 aromatic heterocycles. The Balaban J connectivity index is 2.94. The summed E-state index contributed by atoms with van der Waals surface area (Å²) in [5.41, 5.74) is -0.170. The van der Waals surface area contributed by atoms with Crippen LogP contribution in [0.4, 0.5) is 8.78 Å². The summed E-state index contributed by atoms with van der Waals surface area (Å²) in [5, 5.41) is 0. The van der Waals surface area contributed by atoms with Crippen LogP contribution in [0.5, 0.6) is 0 Å². The topological polar surface area (TPSA) is 4.93 Å². The van der Waals surface area contributed by atoms with Crippen LogP contribution in [0.1, 0.15) is 12.1 Å². The van der Waals surface area contributed by atoms with E-state index in [-0.39, 0.29) is 5.69 Å². The zero-order valence-corrected chi connectivity index (χ0v) is 5.15. The molecule has 0 fully saturated rings. The fourth-order valence-electron chi connectivity index (χ4n) is 0.540. The maximum atomic E-state index is 11.8. The fraction of sp³-hybridized carbons (Fsp3) is 0.200. The van der Waals surface area contributed by atoms with Crippen LogP contribution in [0.3, 0.4) is 0 Å². The van der Waals surface area contributed by atoms with Crippen molar-refractivity contribution in [1.82, 2.24) is 4.09 Å². The molecule has 0 unspecified atom stereocenters. The first-order valence-electron chi connectivity index (χ1n) is 2.33. The van der Waals surface area contributed by atoms with Gasteiger partial charge in [-0.05, 0) is 12.1 Å². The third-order valence-electron chi connectivity index (χ3n) is 0.954. The zero-order chi connectivity index (χ0) is 6.85. The number of aromatic nitrogens is 1. The lowest BCUT2D eigenvalue weighted by molar-refractivity contribution is 0.145. The SMILES string of the molecule is FC(F)c1cccn1Cl. The minimum absolute atomic E-state index is 0.170. The summed E-state index contributed by atoms with van der Waals surface area (Å²) in [4.78, 5) is 0. The predicted octanol–water partition coefficient (Wildman–Crippen LogP) is 2.43. The predicted molar refractivity (Wildman–Crippen MR) is 30.6 cm³/mol. The van der Waals surface area contributed by atoms with Gasteiger partial charge in [0.25, 0.3) is 6.43 Å². The van der Waals surface area contributed by atoms with Crippen molar-refractivity contribution in [3.63, 3.8) is 0 Å². The zero-order valence-electron chi connectivity index (χ0n) is 4.39. The van der Waals surface area contributed by atoms with Gasteiger partial charge >= 0.3 is 0 Å². The first-order chi connectivity index (χ1) is 4.22. The number of hydrogen-bond donors (Lipinski definition) is 0. The average Bonchev–Trinajstić information content (AvgIpc) is 2.13. The number of hydrogen-bond acceptors (Lipinski definition) is 0. The number of rotatable bonds is 1. The summed E-state index contributed by atoms with van der Waals surface area (Å²) < 4.78 is 24.4. The van der Waals surface area contributed by atoms with Gasteiger partial charge in [0.1, 0.15) is 5.69 Å². The molecule has 0 saturated heterocycles. The van der Waals surface area contributed by atoms with E-state index in [4.69, 9.17) is 11.8 Å². The van der Waals surface area contributed by atoms with Crippen LogP contribution in [-0.2, 0) is 0 Å². The summed E-state index contributed by atoms with van der Waals surface area (Å²) in [6, 6.07) is 2.74. The van der Waals surface area contributed by atoms with Gasteiger partial charge in [-0.1, -0.05) is 0 Å². The Morgan fingerprint density at radius 1 is 1.56 bits per heavy atom. The maximum absolute atomic E-state index is 11.8. The van der Waals surface area contributed by atoms with Gasteiger partial charge in [-0.25, -0.2) is 8.78 Å². The van der Waals surface area contributed by atoms with Crippen molar-refractivity contribution in [2.45, 2.75) is 6.43 Å². The Morgan fingerprint density at radius 2 is 2.22 bits per heavy atom. The van der Waals surface area contributed by atoms with Crippen LogP contribution in [0.15, 0.2) is 18.3 Å². The van der Waals surface area contributed by atoms with Crippen molar-refractivity contribution in [3.05, 3.63) is 24.0 Å². The van der Waals surface area contributed by atoms with E-state index < -0.39 is 6.43 Å². The number of halogens is 3. The molecule has 1 rings (SSSR count). The molecule has 4 heteroatoms. The molecule has 0 spiro atoms. The van der Waals surface area contributed by atoms with Crippen molar-refractivity contribution in [3.8, 4) is 0 Å². The lowest BCUT2D eigenvalue weighted by atomic mass is 10.5. The van der Waals surface area contributed by atoms with Crippen LogP contribution in [-0.4, -0.2) is 4.09 Å². The molecule has 0 aliphatic rings. The largest absolute Gasteiger partial charge is 0.279 e. The Hall–Kier alpha value is -0.570. The monoisotopic (exact) mass is 151 g/mol. The highest BCUT2D eigenvalue weighted by Gasteiger charge is 2.09. The highest BCUT2D eigenvalue weighted by atomic mass is 35.5. The summed E-state index contributed by atoms with van der Waals surface area (Å²) in [6.07, 6.45) is -1.12. The smallest absolute Gasteiger partial charge is 0.259 e. The molecular formula is C5H4ClF2N. The minimum Gasteiger partial charge on any atom is -0.259 e. The van der Waals surface area contributed by atoms with Crippen LogP contribution in [0.25, 0.3) is 0 Å². The van der Waals surface area contributed by atoms with Gasteiger partial charge in [0, 0.05) is 18.0 Å². The van der Waals surface area contributed by atoms with E-state index in [0.29, 0.717) is 0 Å². The molecule has 9 heavy (non-hydrogen) atoms. The van der Waals surface area contributed by atoms with E-state index >= 15 is 0 Å². The van der Waals surface area contributed by atoms with Gasteiger partial charge < -0.3 is 0 Å². The van der Waals surface area contributed by atoms with Gasteiger partial charge in [0.15, 0.2) is 0 Å². The molecule has 1 heterocycles. The van der Waals surface area contributed by atoms with Gasteiger partial charge in [-0.3, -0.25) is 4.09 Å². The molecule has 0 saturated carbocycles. The second-order valence-electron chi connectivity index (χ2n) is 1.54. The molecule has 1 aromatic rings. The standard InChI is InChI=1S/C5H4ClF2N/c6-9-3-1-2-4(9)5(7)8/h1-3,5H. The van der Waals surface area contributed by atoms with Crippen molar-refractivity contribution >= 4 is 11.8 Å². The number of nitrogens with zero attached hydrogens (tertiary/aromatic N) is 1. The van der Waals surface area contributed by atoms with E-state index in [1.54, 1.807) is 0 Å². The summed E-state index contributed by atoms with van der Waals surface area (Å²) in [5.74, 6) is 0. The minimum atomic E-state index is -2.49. The van der Waals surface area contributed by atoms with Crippen LogP contribution < -0.4 is 0 Å². The first-order valence-corrected chi connectivity index (χ1v) is 2.67.